The first-order valence-electron chi connectivity index (χ1n) is 6.77. The Morgan fingerprint density at radius 1 is 1.29 bits per heavy atom. The second kappa shape index (κ2) is 6.20. The minimum absolute atomic E-state index is 0.371. The molecule has 0 amide bonds. The lowest BCUT2D eigenvalue weighted by atomic mass is 9.78. The summed E-state index contributed by atoms with van der Waals surface area (Å²) in [4.78, 5) is 0. The third-order valence-corrected chi connectivity index (χ3v) is 3.91. The molecule has 0 atom stereocenters. The third-order valence-electron chi connectivity index (χ3n) is 3.91. The van der Waals surface area contributed by atoms with Gasteiger partial charge in [-0.1, -0.05) is 20.8 Å². The van der Waals surface area contributed by atoms with Crippen molar-refractivity contribution >= 4 is 0 Å². The molecule has 1 heterocycles. The van der Waals surface area contributed by atoms with Crippen molar-refractivity contribution in [3.63, 3.8) is 0 Å². The van der Waals surface area contributed by atoms with Crippen LogP contribution in [0.25, 0.3) is 0 Å². The highest BCUT2D eigenvalue weighted by Crippen LogP contribution is 2.30. The van der Waals surface area contributed by atoms with Crippen LogP contribution in [0.3, 0.4) is 0 Å². The molecule has 0 saturated heterocycles. The molecule has 0 bridgehead atoms. The van der Waals surface area contributed by atoms with Crippen molar-refractivity contribution < 1.29 is 0 Å². The van der Waals surface area contributed by atoms with Crippen LogP contribution in [-0.2, 0) is 13.5 Å². The Morgan fingerprint density at radius 3 is 2.35 bits per heavy atom. The molecule has 0 saturated carbocycles. The van der Waals surface area contributed by atoms with Crippen LogP contribution in [0, 0.1) is 12.3 Å². The highest BCUT2D eigenvalue weighted by molar-refractivity contribution is 5.11. The second-order valence-corrected chi connectivity index (χ2v) is 5.06. The zero-order chi connectivity index (χ0) is 12.9. The van der Waals surface area contributed by atoms with Gasteiger partial charge >= 0.3 is 0 Å². The summed E-state index contributed by atoms with van der Waals surface area (Å²) in [6.45, 7) is 11.0. The molecule has 0 aliphatic carbocycles. The summed E-state index contributed by atoms with van der Waals surface area (Å²) in [5.74, 6) is 0. The molecule has 1 N–H and O–H groups in total. The minimum Gasteiger partial charge on any atom is -0.316 e. The molecule has 1 aromatic heterocycles. The largest absolute Gasteiger partial charge is 0.316 e. The Balaban J connectivity index is 2.81. The summed E-state index contributed by atoms with van der Waals surface area (Å²) in [7, 11) is 2.05. The third kappa shape index (κ3) is 3.56. The van der Waals surface area contributed by atoms with Crippen LogP contribution in [0.2, 0.25) is 0 Å². The van der Waals surface area contributed by atoms with Crippen molar-refractivity contribution in [2.45, 2.75) is 47.0 Å². The van der Waals surface area contributed by atoms with E-state index in [9.17, 15) is 0 Å². The Bertz CT molecular complexity index is 337. The smallest absolute Gasteiger partial charge is 0.0596 e. The standard InChI is InChI=1S/C14H27N3/c1-6-14(7-2,11-15-8-3)10-13-9-12(4)16-17(13)5/h9,15H,6-8,10-11H2,1-5H3. The van der Waals surface area contributed by atoms with Crippen LogP contribution in [0.4, 0.5) is 0 Å². The molecule has 0 aliphatic rings. The van der Waals surface area contributed by atoms with E-state index in [1.165, 1.54) is 18.5 Å². The minimum atomic E-state index is 0.371. The fraction of sp³-hybridized carbons (Fsp3) is 0.786. The second-order valence-electron chi connectivity index (χ2n) is 5.06. The van der Waals surface area contributed by atoms with Gasteiger partial charge in [-0.15, -0.1) is 0 Å². The van der Waals surface area contributed by atoms with Crippen LogP contribution in [0.5, 0.6) is 0 Å². The molecule has 3 heteroatoms. The SMILES string of the molecule is CCNCC(CC)(CC)Cc1cc(C)nn1C. The summed E-state index contributed by atoms with van der Waals surface area (Å²) in [5.41, 5.74) is 2.84. The predicted molar refractivity (Wildman–Crippen MR) is 73.2 cm³/mol. The zero-order valence-electron chi connectivity index (χ0n) is 12.0. The van der Waals surface area contributed by atoms with Gasteiger partial charge in [0.1, 0.15) is 0 Å². The van der Waals surface area contributed by atoms with Gasteiger partial charge < -0.3 is 5.32 Å². The molecule has 0 aliphatic heterocycles. The monoisotopic (exact) mass is 237 g/mol. The van der Waals surface area contributed by atoms with Gasteiger partial charge in [0.05, 0.1) is 5.69 Å². The maximum absolute atomic E-state index is 4.44. The Kier molecular flexibility index (Phi) is 5.19. The van der Waals surface area contributed by atoms with Gasteiger partial charge in [-0.2, -0.15) is 5.10 Å². The van der Waals surface area contributed by atoms with Gasteiger partial charge in [0.15, 0.2) is 0 Å². The summed E-state index contributed by atoms with van der Waals surface area (Å²) < 4.78 is 2.03. The van der Waals surface area contributed by atoms with Gasteiger partial charge in [-0.3, -0.25) is 4.68 Å². The van der Waals surface area contributed by atoms with Crippen LogP contribution in [0.1, 0.15) is 45.0 Å². The molecule has 1 rings (SSSR count). The molecule has 0 aromatic carbocycles. The van der Waals surface area contributed by atoms with Crippen LogP contribution >= 0.6 is 0 Å². The van der Waals surface area contributed by atoms with E-state index in [2.05, 4.69) is 44.2 Å². The molecule has 0 unspecified atom stereocenters. The van der Waals surface area contributed by atoms with E-state index in [1.54, 1.807) is 0 Å². The molecule has 98 valence electrons. The van der Waals surface area contributed by atoms with Crippen molar-refractivity contribution in [3.05, 3.63) is 17.5 Å². The first kappa shape index (κ1) is 14.2. The average Bonchev–Trinajstić information content (AvgIpc) is 2.63. The Labute approximate surface area is 106 Å². The fourth-order valence-electron chi connectivity index (χ4n) is 2.42. The van der Waals surface area contributed by atoms with E-state index in [0.717, 1.165) is 25.2 Å². The molecular formula is C14H27N3. The highest BCUT2D eigenvalue weighted by atomic mass is 15.3. The summed E-state index contributed by atoms with van der Waals surface area (Å²) >= 11 is 0. The number of rotatable bonds is 7. The lowest BCUT2D eigenvalue weighted by Crippen LogP contribution is -2.35. The number of nitrogens with zero attached hydrogens (tertiary/aromatic N) is 2. The van der Waals surface area contributed by atoms with Crippen LogP contribution in [-0.4, -0.2) is 22.9 Å². The van der Waals surface area contributed by atoms with E-state index < -0.39 is 0 Å². The Hall–Kier alpha value is -0.830. The summed E-state index contributed by atoms with van der Waals surface area (Å²) in [6.07, 6.45) is 3.53. The van der Waals surface area contributed by atoms with Gasteiger partial charge in [0, 0.05) is 19.3 Å². The lowest BCUT2D eigenvalue weighted by Gasteiger charge is -2.32. The maximum atomic E-state index is 4.44. The van der Waals surface area contributed by atoms with Crippen molar-refractivity contribution in [1.82, 2.24) is 15.1 Å². The topological polar surface area (TPSA) is 29.9 Å². The summed E-state index contributed by atoms with van der Waals surface area (Å²) in [5, 5.41) is 7.95. The maximum Gasteiger partial charge on any atom is 0.0596 e. The number of aromatic nitrogens is 2. The van der Waals surface area contributed by atoms with Gasteiger partial charge in [-0.25, -0.2) is 0 Å². The van der Waals surface area contributed by atoms with E-state index in [1.807, 2.05) is 11.7 Å². The van der Waals surface area contributed by atoms with Gasteiger partial charge in [0.25, 0.3) is 0 Å². The van der Waals surface area contributed by atoms with Gasteiger partial charge in [-0.05, 0) is 44.2 Å². The average molecular weight is 237 g/mol. The lowest BCUT2D eigenvalue weighted by molar-refractivity contribution is 0.243. The number of nitrogens with one attached hydrogen (secondary N) is 1. The van der Waals surface area contributed by atoms with Crippen molar-refractivity contribution in [1.29, 1.82) is 0 Å². The van der Waals surface area contributed by atoms with Crippen LogP contribution < -0.4 is 5.32 Å². The van der Waals surface area contributed by atoms with E-state index >= 15 is 0 Å². The van der Waals surface area contributed by atoms with Gasteiger partial charge in [0.2, 0.25) is 0 Å². The van der Waals surface area contributed by atoms with Crippen molar-refractivity contribution in [2.24, 2.45) is 12.5 Å². The number of aryl methyl sites for hydroxylation is 2. The summed E-state index contributed by atoms with van der Waals surface area (Å²) in [6, 6.07) is 2.21. The molecule has 0 spiro atoms. The molecule has 1 aromatic rings. The number of hydrogen-bond acceptors (Lipinski definition) is 2. The zero-order valence-corrected chi connectivity index (χ0v) is 12.0. The Morgan fingerprint density at radius 2 is 1.94 bits per heavy atom. The molecular weight excluding hydrogens is 210 g/mol. The van der Waals surface area contributed by atoms with E-state index in [-0.39, 0.29) is 0 Å². The van der Waals surface area contributed by atoms with Crippen molar-refractivity contribution in [3.8, 4) is 0 Å². The quantitative estimate of drug-likeness (QED) is 0.790. The van der Waals surface area contributed by atoms with Crippen LogP contribution in [0.15, 0.2) is 6.07 Å². The predicted octanol–water partition coefficient (Wildman–Crippen LogP) is 2.69. The number of hydrogen-bond donors (Lipinski definition) is 1. The molecule has 17 heavy (non-hydrogen) atoms. The molecule has 0 radical (unpaired) electrons. The van der Waals surface area contributed by atoms with E-state index in [4.69, 9.17) is 0 Å². The first-order chi connectivity index (χ1) is 8.06. The van der Waals surface area contributed by atoms with E-state index in [0.29, 0.717) is 5.41 Å². The molecule has 3 nitrogen and oxygen atoms in total. The fourth-order valence-corrected chi connectivity index (χ4v) is 2.42. The highest BCUT2D eigenvalue weighted by Gasteiger charge is 2.27. The normalized spacial score (nSPS) is 12.1. The van der Waals surface area contributed by atoms with Crippen molar-refractivity contribution in [2.75, 3.05) is 13.1 Å². The first-order valence-corrected chi connectivity index (χ1v) is 6.77. The molecule has 0 fully saturated rings.